The van der Waals surface area contributed by atoms with Crippen LogP contribution in [0.4, 0.5) is 5.82 Å². The molecule has 6 nitrogen and oxygen atoms in total. The van der Waals surface area contributed by atoms with Crippen LogP contribution in [0.5, 0.6) is 5.75 Å². The van der Waals surface area contributed by atoms with Gasteiger partial charge in [-0.15, -0.1) is 0 Å². The molecule has 6 heteroatoms. The third-order valence-electron chi connectivity index (χ3n) is 3.09. The smallest absolute Gasteiger partial charge is 0.251 e. The van der Waals surface area contributed by atoms with Crippen LogP contribution in [0.25, 0.3) is 0 Å². The van der Waals surface area contributed by atoms with Gasteiger partial charge in [0, 0.05) is 19.7 Å². The van der Waals surface area contributed by atoms with E-state index in [2.05, 4.69) is 10.3 Å². The minimum Gasteiger partial charge on any atom is -0.487 e. The number of hydrogen-bond donors (Lipinski definition) is 1. The number of ether oxygens (including phenoxy) is 1. The van der Waals surface area contributed by atoms with Crippen molar-refractivity contribution >= 4 is 17.6 Å². The summed E-state index contributed by atoms with van der Waals surface area (Å²) in [4.78, 5) is 28.9. The van der Waals surface area contributed by atoms with Crippen LogP contribution >= 0.6 is 0 Å². The Bertz CT molecular complexity index is 516. The number of carbonyl (C=O) groups excluding carboxylic acids is 2. The highest BCUT2D eigenvalue weighted by atomic mass is 16.5. The minimum absolute atomic E-state index is 0.0195. The number of imide groups is 1. The van der Waals surface area contributed by atoms with Crippen molar-refractivity contribution in [1.82, 2.24) is 9.88 Å². The van der Waals surface area contributed by atoms with Crippen LogP contribution in [0.1, 0.15) is 26.7 Å². The quantitative estimate of drug-likeness (QED) is 0.843. The number of likely N-dealkylation sites (tertiary alicyclic amines) is 1. The number of pyridine rings is 1. The lowest BCUT2D eigenvalue weighted by Crippen LogP contribution is -2.48. The summed E-state index contributed by atoms with van der Waals surface area (Å²) in [5.74, 6) is 0.757. The van der Waals surface area contributed by atoms with Crippen molar-refractivity contribution in [2.45, 2.75) is 38.8 Å². The number of hydrogen-bond acceptors (Lipinski definition) is 5. The van der Waals surface area contributed by atoms with E-state index in [1.807, 2.05) is 13.8 Å². The van der Waals surface area contributed by atoms with Gasteiger partial charge in [0.05, 0.1) is 6.10 Å². The highest BCUT2D eigenvalue weighted by molar-refractivity contribution is 6.01. The summed E-state index contributed by atoms with van der Waals surface area (Å²) in [6.07, 6.45) is 2.48. The fraction of sp³-hybridized carbons (Fsp3) is 0.500. The Hall–Kier alpha value is -2.11. The number of rotatable bonds is 4. The van der Waals surface area contributed by atoms with Crippen LogP contribution in [0.2, 0.25) is 0 Å². The standard InChI is InChI=1S/C14H19N3O3/c1-9(2)20-11-5-4-8-15-13(11)16-10-6-7-12(18)17(3)14(10)19/h4-5,8-10H,6-7H2,1-3H3,(H,15,16). The summed E-state index contributed by atoms with van der Waals surface area (Å²) in [6.45, 7) is 3.85. The molecule has 0 aliphatic carbocycles. The SMILES string of the molecule is CC(C)Oc1cccnc1NC1CCC(=O)N(C)C1=O. The van der Waals surface area contributed by atoms with E-state index in [9.17, 15) is 9.59 Å². The average Bonchev–Trinajstić information content (AvgIpc) is 2.41. The van der Waals surface area contributed by atoms with Gasteiger partial charge in [0.15, 0.2) is 11.6 Å². The van der Waals surface area contributed by atoms with Gasteiger partial charge in [-0.2, -0.15) is 0 Å². The summed E-state index contributed by atoms with van der Waals surface area (Å²) in [5.41, 5.74) is 0. The first kappa shape index (κ1) is 14.3. The number of nitrogens with one attached hydrogen (secondary N) is 1. The van der Waals surface area contributed by atoms with Gasteiger partial charge < -0.3 is 10.1 Å². The van der Waals surface area contributed by atoms with Gasteiger partial charge >= 0.3 is 0 Å². The molecule has 1 aliphatic rings. The molecule has 1 saturated heterocycles. The Morgan fingerprint density at radius 1 is 1.45 bits per heavy atom. The maximum absolute atomic E-state index is 12.0. The molecule has 2 heterocycles. The number of piperidine rings is 1. The second kappa shape index (κ2) is 5.90. The lowest BCUT2D eigenvalue weighted by molar-refractivity contribution is -0.146. The third kappa shape index (κ3) is 3.07. The number of carbonyl (C=O) groups is 2. The van der Waals surface area contributed by atoms with E-state index in [0.29, 0.717) is 24.4 Å². The first-order valence-corrected chi connectivity index (χ1v) is 6.67. The Morgan fingerprint density at radius 3 is 2.90 bits per heavy atom. The molecule has 2 amide bonds. The average molecular weight is 277 g/mol. The number of anilines is 1. The molecule has 1 N–H and O–H groups in total. The van der Waals surface area contributed by atoms with Crippen molar-refractivity contribution < 1.29 is 14.3 Å². The highest BCUT2D eigenvalue weighted by Crippen LogP contribution is 2.25. The monoisotopic (exact) mass is 277 g/mol. The van der Waals surface area contributed by atoms with Gasteiger partial charge in [0.1, 0.15) is 6.04 Å². The number of likely N-dealkylation sites (N-methyl/N-ethyl adjacent to an activating group) is 1. The summed E-state index contributed by atoms with van der Waals surface area (Å²) in [7, 11) is 1.50. The Balaban J connectivity index is 2.14. The molecule has 108 valence electrons. The second-order valence-electron chi connectivity index (χ2n) is 5.04. The third-order valence-corrected chi connectivity index (χ3v) is 3.09. The maximum atomic E-state index is 12.0. The Labute approximate surface area is 118 Å². The Morgan fingerprint density at radius 2 is 2.20 bits per heavy atom. The van der Waals surface area contributed by atoms with Crippen molar-refractivity contribution in [3.63, 3.8) is 0 Å². The van der Waals surface area contributed by atoms with Gasteiger partial charge in [-0.1, -0.05) is 0 Å². The summed E-state index contributed by atoms with van der Waals surface area (Å²) >= 11 is 0. The maximum Gasteiger partial charge on any atom is 0.251 e. The molecule has 1 aliphatic heterocycles. The lowest BCUT2D eigenvalue weighted by Gasteiger charge is -2.29. The molecule has 1 unspecified atom stereocenters. The van der Waals surface area contributed by atoms with Gasteiger partial charge in [-0.05, 0) is 32.4 Å². The fourth-order valence-corrected chi connectivity index (χ4v) is 2.06. The van der Waals surface area contributed by atoms with Crippen LogP contribution in [-0.4, -0.2) is 40.9 Å². The van der Waals surface area contributed by atoms with E-state index in [1.54, 1.807) is 18.3 Å². The van der Waals surface area contributed by atoms with Crippen molar-refractivity contribution in [2.24, 2.45) is 0 Å². The largest absolute Gasteiger partial charge is 0.487 e. The van der Waals surface area contributed by atoms with Crippen LogP contribution in [0, 0.1) is 0 Å². The molecule has 1 aromatic heterocycles. The van der Waals surface area contributed by atoms with Crippen LogP contribution in [0.15, 0.2) is 18.3 Å². The highest BCUT2D eigenvalue weighted by Gasteiger charge is 2.32. The molecule has 2 rings (SSSR count). The van der Waals surface area contributed by atoms with Crippen LogP contribution < -0.4 is 10.1 Å². The molecule has 0 radical (unpaired) electrons. The second-order valence-corrected chi connectivity index (χ2v) is 5.04. The molecular formula is C14H19N3O3. The van der Waals surface area contributed by atoms with E-state index >= 15 is 0 Å². The summed E-state index contributed by atoms with van der Waals surface area (Å²) in [6, 6.07) is 3.14. The minimum atomic E-state index is -0.442. The zero-order valence-corrected chi connectivity index (χ0v) is 11.9. The van der Waals surface area contributed by atoms with Crippen molar-refractivity contribution in [1.29, 1.82) is 0 Å². The van der Waals surface area contributed by atoms with Gasteiger partial charge in [0.2, 0.25) is 5.91 Å². The molecule has 20 heavy (non-hydrogen) atoms. The fourth-order valence-electron chi connectivity index (χ4n) is 2.06. The number of amides is 2. The predicted octanol–water partition coefficient (Wildman–Crippen LogP) is 1.43. The van der Waals surface area contributed by atoms with E-state index in [4.69, 9.17) is 4.74 Å². The topological polar surface area (TPSA) is 71.5 Å². The van der Waals surface area contributed by atoms with Crippen molar-refractivity contribution in [3.05, 3.63) is 18.3 Å². The van der Waals surface area contributed by atoms with Gasteiger partial charge in [-0.3, -0.25) is 14.5 Å². The van der Waals surface area contributed by atoms with E-state index in [0.717, 1.165) is 4.90 Å². The number of nitrogens with zero attached hydrogens (tertiary/aromatic N) is 2. The molecule has 0 spiro atoms. The van der Waals surface area contributed by atoms with Crippen LogP contribution in [0.3, 0.4) is 0 Å². The summed E-state index contributed by atoms with van der Waals surface area (Å²) in [5, 5.41) is 3.08. The molecule has 1 atom stereocenters. The summed E-state index contributed by atoms with van der Waals surface area (Å²) < 4.78 is 5.65. The molecule has 1 aromatic rings. The molecule has 0 bridgehead atoms. The predicted molar refractivity (Wildman–Crippen MR) is 74.4 cm³/mol. The van der Waals surface area contributed by atoms with Gasteiger partial charge in [0.25, 0.3) is 5.91 Å². The van der Waals surface area contributed by atoms with E-state index < -0.39 is 6.04 Å². The molecule has 1 fully saturated rings. The normalized spacial score (nSPS) is 19.4. The zero-order valence-electron chi connectivity index (χ0n) is 11.9. The van der Waals surface area contributed by atoms with E-state index in [1.165, 1.54) is 7.05 Å². The van der Waals surface area contributed by atoms with Crippen molar-refractivity contribution in [3.8, 4) is 5.75 Å². The first-order valence-electron chi connectivity index (χ1n) is 6.67. The molecule has 0 saturated carbocycles. The first-order chi connectivity index (χ1) is 9.49. The zero-order chi connectivity index (χ0) is 14.7. The number of aromatic nitrogens is 1. The molecular weight excluding hydrogens is 258 g/mol. The van der Waals surface area contributed by atoms with Crippen molar-refractivity contribution in [2.75, 3.05) is 12.4 Å². The molecule has 0 aromatic carbocycles. The Kier molecular flexibility index (Phi) is 4.22. The van der Waals surface area contributed by atoms with Crippen LogP contribution in [-0.2, 0) is 9.59 Å². The van der Waals surface area contributed by atoms with E-state index in [-0.39, 0.29) is 17.9 Å². The lowest BCUT2D eigenvalue weighted by atomic mass is 10.0. The van der Waals surface area contributed by atoms with Gasteiger partial charge in [-0.25, -0.2) is 4.98 Å².